The minimum Gasteiger partial charge on any atom is -0.481 e. The summed E-state index contributed by atoms with van der Waals surface area (Å²) in [6.45, 7) is 3.27. The second kappa shape index (κ2) is 17.8. The minimum atomic E-state index is -1.74. The first-order chi connectivity index (χ1) is 24.6. The summed E-state index contributed by atoms with van der Waals surface area (Å²) in [5, 5.41) is 49.2. The summed E-state index contributed by atoms with van der Waals surface area (Å²) in [4.78, 5) is 63.3. The second-order valence-electron chi connectivity index (χ2n) is 13.5. The zero-order chi connectivity index (χ0) is 38.1. The van der Waals surface area contributed by atoms with Gasteiger partial charge in [-0.15, -0.1) is 0 Å². The predicted octanol–water partition coefficient (Wildman–Crippen LogP) is 3.35. The number of hydrogen-bond acceptors (Lipinski definition) is 7. The molecular formula is C38H43F2N3O9. The standard InChI is InChI=1S/C38H43F2N3O9/c1-20(2)33(35(47)41-27-16-23(37(49)50)15-24(17-27)38(51)52)43-32(45)19-31(44)30(14-21-12-25(39)18-26(40)13-21)42-36(48)34(46)29-11-7-6-10-28(29)22-8-4-3-5-9-22/h3-13,18,20,23-24,27,30-31,33-34,44,46H,14-17,19H2,1-2H3,(H,41,47)(H,42,48)(H,43,45)(H,49,50)(H,51,52)/t23-,24+,27?,30-,31-,33-,34?/m0/s1. The lowest BCUT2D eigenvalue weighted by molar-refractivity contribution is -0.149. The monoisotopic (exact) mass is 723 g/mol. The Bertz CT molecular complexity index is 1710. The quantitative estimate of drug-likeness (QED) is 0.123. The average Bonchev–Trinajstić information content (AvgIpc) is 3.09. The van der Waals surface area contributed by atoms with Crippen molar-refractivity contribution in [1.29, 1.82) is 0 Å². The molecule has 0 radical (unpaired) electrons. The van der Waals surface area contributed by atoms with Crippen LogP contribution in [0.15, 0.2) is 72.8 Å². The summed E-state index contributed by atoms with van der Waals surface area (Å²) in [7, 11) is 0. The van der Waals surface area contributed by atoms with Gasteiger partial charge in [0.05, 0.1) is 30.4 Å². The van der Waals surface area contributed by atoms with Crippen LogP contribution < -0.4 is 16.0 Å². The molecule has 7 atom stereocenters. The van der Waals surface area contributed by atoms with Crippen molar-refractivity contribution in [3.63, 3.8) is 0 Å². The number of benzene rings is 3. The number of aliphatic carboxylic acids is 2. The molecule has 52 heavy (non-hydrogen) atoms. The summed E-state index contributed by atoms with van der Waals surface area (Å²) in [6, 6.07) is 15.0. The highest BCUT2D eigenvalue weighted by atomic mass is 19.1. The van der Waals surface area contributed by atoms with E-state index in [1.54, 1.807) is 62.4 Å². The van der Waals surface area contributed by atoms with Gasteiger partial charge in [-0.05, 0) is 66.0 Å². The summed E-state index contributed by atoms with van der Waals surface area (Å²) >= 11 is 0. The molecule has 12 nitrogen and oxygen atoms in total. The van der Waals surface area contributed by atoms with E-state index in [9.17, 15) is 53.2 Å². The molecule has 3 amide bonds. The van der Waals surface area contributed by atoms with Gasteiger partial charge in [0.25, 0.3) is 5.91 Å². The van der Waals surface area contributed by atoms with Crippen LogP contribution >= 0.6 is 0 Å². The van der Waals surface area contributed by atoms with Gasteiger partial charge in [0.15, 0.2) is 6.10 Å². The van der Waals surface area contributed by atoms with Gasteiger partial charge < -0.3 is 36.4 Å². The van der Waals surface area contributed by atoms with Gasteiger partial charge in [0.1, 0.15) is 17.7 Å². The highest BCUT2D eigenvalue weighted by Gasteiger charge is 2.38. The average molecular weight is 724 g/mol. The first-order valence-electron chi connectivity index (χ1n) is 16.9. The molecule has 3 aromatic carbocycles. The summed E-state index contributed by atoms with van der Waals surface area (Å²) in [5.74, 6) is -9.08. The van der Waals surface area contributed by atoms with Crippen molar-refractivity contribution in [2.75, 3.05) is 0 Å². The molecule has 278 valence electrons. The van der Waals surface area contributed by atoms with Crippen LogP contribution in [0.4, 0.5) is 8.78 Å². The van der Waals surface area contributed by atoms with Crippen LogP contribution in [0, 0.1) is 29.4 Å². The third-order valence-corrected chi connectivity index (χ3v) is 9.17. The molecule has 0 aliphatic heterocycles. The molecule has 0 spiro atoms. The smallest absolute Gasteiger partial charge is 0.306 e. The number of aliphatic hydroxyl groups is 2. The van der Waals surface area contributed by atoms with Gasteiger partial charge in [-0.2, -0.15) is 0 Å². The fraction of sp³-hybridized carbons (Fsp3) is 0.395. The van der Waals surface area contributed by atoms with Crippen LogP contribution in [0.3, 0.4) is 0 Å². The Morgan fingerprint density at radius 1 is 0.769 bits per heavy atom. The van der Waals surface area contributed by atoms with E-state index in [1.807, 2.05) is 6.07 Å². The summed E-state index contributed by atoms with van der Waals surface area (Å²) < 4.78 is 28.2. The van der Waals surface area contributed by atoms with E-state index in [4.69, 9.17) is 0 Å². The van der Waals surface area contributed by atoms with Crippen LogP contribution in [0.1, 0.15) is 56.8 Å². The zero-order valence-corrected chi connectivity index (χ0v) is 28.7. The van der Waals surface area contributed by atoms with E-state index < -0.39 is 95.8 Å². The molecular weight excluding hydrogens is 680 g/mol. The van der Waals surface area contributed by atoms with Crippen LogP contribution in [-0.4, -0.2) is 74.3 Å². The van der Waals surface area contributed by atoms with Gasteiger partial charge in [-0.25, -0.2) is 8.78 Å². The number of halogens is 2. The van der Waals surface area contributed by atoms with Crippen molar-refractivity contribution in [3.05, 3.63) is 95.6 Å². The van der Waals surface area contributed by atoms with Crippen molar-refractivity contribution < 1.29 is 53.2 Å². The van der Waals surface area contributed by atoms with E-state index >= 15 is 0 Å². The molecule has 4 rings (SSSR count). The topological polar surface area (TPSA) is 202 Å². The maximum absolute atomic E-state index is 14.1. The zero-order valence-electron chi connectivity index (χ0n) is 28.7. The molecule has 0 saturated heterocycles. The van der Waals surface area contributed by atoms with Crippen molar-refractivity contribution >= 4 is 29.7 Å². The summed E-state index contributed by atoms with van der Waals surface area (Å²) in [6.07, 6.45) is -4.49. The number of hydrogen-bond donors (Lipinski definition) is 7. The van der Waals surface area contributed by atoms with Crippen molar-refractivity contribution in [2.45, 2.75) is 76.3 Å². The number of rotatable bonds is 15. The maximum atomic E-state index is 14.1. The van der Waals surface area contributed by atoms with E-state index in [-0.39, 0.29) is 36.8 Å². The predicted molar refractivity (Wildman–Crippen MR) is 184 cm³/mol. The Hall–Kier alpha value is -5.21. The van der Waals surface area contributed by atoms with E-state index in [1.165, 1.54) is 0 Å². The van der Waals surface area contributed by atoms with Crippen molar-refractivity contribution in [1.82, 2.24) is 16.0 Å². The molecule has 3 aromatic rings. The lowest BCUT2D eigenvalue weighted by Crippen LogP contribution is -2.55. The fourth-order valence-electron chi connectivity index (χ4n) is 6.52. The molecule has 0 aromatic heterocycles. The largest absolute Gasteiger partial charge is 0.481 e. The first-order valence-corrected chi connectivity index (χ1v) is 16.9. The molecule has 1 aliphatic carbocycles. The fourth-order valence-corrected chi connectivity index (χ4v) is 6.52. The molecule has 2 unspecified atom stereocenters. The Kier molecular flexibility index (Phi) is 13.6. The molecule has 0 heterocycles. The van der Waals surface area contributed by atoms with Crippen molar-refractivity contribution in [3.8, 4) is 11.1 Å². The van der Waals surface area contributed by atoms with Crippen LogP contribution in [-0.2, 0) is 30.4 Å². The van der Waals surface area contributed by atoms with Crippen LogP contribution in [0.5, 0.6) is 0 Å². The third-order valence-electron chi connectivity index (χ3n) is 9.17. The number of aliphatic hydroxyl groups excluding tert-OH is 2. The minimum absolute atomic E-state index is 0.00601. The molecule has 1 saturated carbocycles. The number of carbonyl (C=O) groups excluding carboxylic acids is 3. The molecule has 14 heteroatoms. The lowest BCUT2D eigenvalue weighted by Gasteiger charge is -2.33. The van der Waals surface area contributed by atoms with Crippen molar-refractivity contribution in [2.24, 2.45) is 17.8 Å². The Morgan fingerprint density at radius 2 is 1.35 bits per heavy atom. The normalized spacial score (nSPS) is 19.5. The second-order valence-corrected chi connectivity index (χ2v) is 13.5. The van der Waals surface area contributed by atoms with Crippen LogP contribution in [0.2, 0.25) is 0 Å². The Labute approximate surface area is 299 Å². The number of amides is 3. The lowest BCUT2D eigenvalue weighted by atomic mass is 9.78. The highest BCUT2D eigenvalue weighted by molar-refractivity contribution is 5.89. The number of nitrogens with one attached hydrogen (secondary N) is 3. The number of carboxylic acid groups (broad SMARTS) is 2. The number of carbonyl (C=O) groups is 5. The summed E-state index contributed by atoms with van der Waals surface area (Å²) in [5.41, 5.74) is 1.59. The maximum Gasteiger partial charge on any atom is 0.306 e. The van der Waals surface area contributed by atoms with Gasteiger partial charge in [-0.1, -0.05) is 68.4 Å². The Morgan fingerprint density at radius 3 is 1.92 bits per heavy atom. The number of carboxylic acids is 2. The van der Waals surface area contributed by atoms with E-state index in [0.717, 1.165) is 17.7 Å². The SMILES string of the molecule is CC(C)[C@H](NC(=O)C[C@H](O)[C@H](Cc1cc(F)cc(F)c1)NC(=O)C(O)c1ccccc1-c1ccccc1)C(=O)NC1C[C@@H](C(=O)O)C[C@@H](C(=O)O)C1. The first kappa shape index (κ1) is 39.6. The molecule has 7 N–H and O–H groups in total. The van der Waals surface area contributed by atoms with Gasteiger partial charge >= 0.3 is 11.9 Å². The van der Waals surface area contributed by atoms with Gasteiger partial charge in [-0.3, -0.25) is 24.0 Å². The van der Waals surface area contributed by atoms with Gasteiger partial charge in [0.2, 0.25) is 11.8 Å². The molecule has 1 fully saturated rings. The van der Waals surface area contributed by atoms with E-state index in [0.29, 0.717) is 11.6 Å². The Balaban J connectivity index is 1.49. The molecule has 0 bridgehead atoms. The molecule has 1 aliphatic rings. The van der Waals surface area contributed by atoms with Gasteiger partial charge in [0, 0.05) is 12.1 Å². The third kappa shape index (κ3) is 10.7. The highest BCUT2D eigenvalue weighted by Crippen LogP contribution is 2.31. The van der Waals surface area contributed by atoms with Crippen LogP contribution in [0.25, 0.3) is 11.1 Å². The van der Waals surface area contributed by atoms with E-state index in [2.05, 4.69) is 16.0 Å².